The number of hydrogen-bond acceptors (Lipinski definition) is 2. The lowest BCUT2D eigenvalue weighted by Gasteiger charge is -2.34. The zero-order valence-corrected chi connectivity index (χ0v) is 9.28. The van der Waals surface area contributed by atoms with Crippen molar-refractivity contribution in [2.45, 2.75) is 0 Å². The number of piperazine rings is 1. The van der Waals surface area contributed by atoms with Gasteiger partial charge in [-0.05, 0) is 19.2 Å². The third kappa shape index (κ3) is 2.15. The molecule has 0 unspecified atom stereocenters. The molecule has 1 aromatic rings. The fourth-order valence-electron chi connectivity index (χ4n) is 1.89. The van der Waals surface area contributed by atoms with Crippen LogP contribution < -0.4 is 4.90 Å². The maximum Gasteiger partial charge on any atom is 0.209 e. The van der Waals surface area contributed by atoms with E-state index >= 15 is 0 Å². The number of hydrogen-bond donors (Lipinski definition) is 0. The highest BCUT2D eigenvalue weighted by Crippen LogP contribution is 2.30. The molecule has 0 spiro atoms. The van der Waals surface area contributed by atoms with Gasteiger partial charge in [-0.15, -0.1) is 0 Å². The summed E-state index contributed by atoms with van der Waals surface area (Å²) < 4.78 is 13.2. The minimum Gasteiger partial charge on any atom is -0.378 e. The van der Waals surface area contributed by atoms with E-state index in [1.54, 1.807) is 6.07 Å². The lowest BCUT2D eigenvalue weighted by Crippen LogP contribution is -2.44. The van der Waals surface area contributed by atoms with E-state index in [-0.39, 0.29) is 5.82 Å². The summed E-state index contributed by atoms with van der Waals surface area (Å²) >= 11 is 0. The predicted molar refractivity (Wildman–Crippen MR) is 62.4 cm³/mol. The molecular formula is C12H14FN3. The summed E-state index contributed by atoms with van der Waals surface area (Å²) in [5.74, 6) is -0.277. The molecule has 0 aromatic heterocycles. The second-order valence-corrected chi connectivity index (χ2v) is 4.04. The van der Waals surface area contributed by atoms with Gasteiger partial charge in [0.05, 0.1) is 6.57 Å². The Balaban J connectivity index is 2.26. The molecule has 1 saturated heterocycles. The average molecular weight is 219 g/mol. The average Bonchev–Trinajstić information content (AvgIpc) is 2.30. The zero-order valence-electron chi connectivity index (χ0n) is 9.28. The van der Waals surface area contributed by atoms with E-state index in [9.17, 15) is 4.39 Å². The van der Waals surface area contributed by atoms with E-state index in [0.29, 0.717) is 5.69 Å². The Morgan fingerprint density at radius 2 is 1.94 bits per heavy atom. The standard InChI is InChI=1S/C12H14FN3/c1-14-11-4-3-10(13)9-12(11)16-7-5-15(2)6-8-16/h3-4,9H,5-8H2,2H3. The maximum atomic E-state index is 13.2. The van der Waals surface area contributed by atoms with E-state index in [1.165, 1.54) is 12.1 Å². The molecule has 1 fully saturated rings. The van der Waals surface area contributed by atoms with Crippen LogP contribution in [-0.4, -0.2) is 38.1 Å². The number of halogens is 1. The molecule has 0 saturated carbocycles. The van der Waals surface area contributed by atoms with Crippen LogP contribution >= 0.6 is 0 Å². The molecule has 0 N–H and O–H groups in total. The first-order valence-corrected chi connectivity index (χ1v) is 5.31. The van der Waals surface area contributed by atoms with Crippen molar-refractivity contribution in [3.8, 4) is 0 Å². The summed E-state index contributed by atoms with van der Waals surface area (Å²) in [7, 11) is 2.07. The van der Waals surface area contributed by atoms with Crippen LogP contribution in [0, 0.1) is 12.4 Å². The summed E-state index contributed by atoms with van der Waals surface area (Å²) in [4.78, 5) is 7.74. The van der Waals surface area contributed by atoms with E-state index < -0.39 is 0 Å². The Kier molecular flexibility index (Phi) is 3.07. The van der Waals surface area contributed by atoms with E-state index in [4.69, 9.17) is 6.57 Å². The third-order valence-corrected chi connectivity index (χ3v) is 2.90. The first-order valence-electron chi connectivity index (χ1n) is 5.31. The Hall–Kier alpha value is -1.60. The van der Waals surface area contributed by atoms with Crippen LogP contribution in [0.5, 0.6) is 0 Å². The van der Waals surface area contributed by atoms with Crippen molar-refractivity contribution in [3.05, 3.63) is 35.4 Å². The molecule has 0 aliphatic carbocycles. The topological polar surface area (TPSA) is 10.8 Å². The van der Waals surface area contributed by atoms with Crippen LogP contribution in [0.3, 0.4) is 0 Å². The van der Waals surface area contributed by atoms with Gasteiger partial charge in [0.1, 0.15) is 5.82 Å². The highest BCUT2D eigenvalue weighted by molar-refractivity contribution is 5.71. The smallest absolute Gasteiger partial charge is 0.209 e. The minimum atomic E-state index is -0.277. The van der Waals surface area contributed by atoms with Crippen LogP contribution in [0.25, 0.3) is 4.85 Å². The summed E-state index contributed by atoms with van der Waals surface area (Å²) in [6, 6.07) is 4.35. The Bertz CT molecular complexity index is 417. The molecule has 1 aliphatic rings. The van der Waals surface area contributed by atoms with Crippen molar-refractivity contribution < 1.29 is 4.39 Å². The minimum absolute atomic E-state index is 0.277. The van der Waals surface area contributed by atoms with Crippen molar-refractivity contribution in [3.63, 3.8) is 0 Å². The van der Waals surface area contributed by atoms with Gasteiger partial charge in [0.25, 0.3) is 0 Å². The quantitative estimate of drug-likeness (QED) is 0.670. The molecule has 1 heterocycles. The lowest BCUT2D eigenvalue weighted by molar-refractivity contribution is 0.313. The van der Waals surface area contributed by atoms with Gasteiger partial charge < -0.3 is 9.80 Å². The van der Waals surface area contributed by atoms with Gasteiger partial charge in [0, 0.05) is 31.9 Å². The third-order valence-electron chi connectivity index (χ3n) is 2.90. The molecule has 16 heavy (non-hydrogen) atoms. The Labute approximate surface area is 94.9 Å². The summed E-state index contributed by atoms with van der Waals surface area (Å²) in [6.07, 6.45) is 0. The molecule has 0 atom stereocenters. The largest absolute Gasteiger partial charge is 0.378 e. The van der Waals surface area contributed by atoms with Crippen molar-refractivity contribution >= 4 is 11.4 Å². The molecule has 3 nitrogen and oxygen atoms in total. The zero-order chi connectivity index (χ0) is 11.5. The molecule has 0 bridgehead atoms. The molecular weight excluding hydrogens is 205 g/mol. The van der Waals surface area contributed by atoms with Gasteiger partial charge in [-0.25, -0.2) is 9.24 Å². The summed E-state index contributed by atoms with van der Waals surface area (Å²) in [5, 5.41) is 0. The first-order chi connectivity index (χ1) is 7.70. The normalized spacial score (nSPS) is 17.2. The molecule has 2 rings (SSSR count). The highest BCUT2D eigenvalue weighted by atomic mass is 19.1. The van der Waals surface area contributed by atoms with Crippen LogP contribution in [0.4, 0.5) is 15.8 Å². The molecule has 4 heteroatoms. The Morgan fingerprint density at radius 3 is 2.56 bits per heavy atom. The van der Waals surface area contributed by atoms with Crippen molar-refractivity contribution in [2.24, 2.45) is 0 Å². The number of rotatable bonds is 1. The van der Waals surface area contributed by atoms with Crippen molar-refractivity contribution in [2.75, 3.05) is 38.1 Å². The van der Waals surface area contributed by atoms with E-state index in [0.717, 1.165) is 31.9 Å². The molecule has 1 aromatic carbocycles. The second kappa shape index (κ2) is 4.50. The summed E-state index contributed by atoms with van der Waals surface area (Å²) in [5.41, 5.74) is 1.26. The van der Waals surface area contributed by atoms with Gasteiger partial charge in [-0.1, -0.05) is 6.07 Å². The van der Waals surface area contributed by atoms with Gasteiger partial charge >= 0.3 is 0 Å². The molecule has 0 amide bonds. The maximum absolute atomic E-state index is 13.2. The first kappa shape index (κ1) is 10.9. The van der Waals surface area contributed by atoms with Crippen molar-refractivity contribution in [1.29, 1.82) is 0 Å². The number of likely N-dealkylation sites (N-methyl/N-ethyl adjacent to an activating group) is 1. The van der Waals surface area contributed by atoms with Crippen LogP contribution in [-0.2, 0) is 0 Å². The second-order valence-electron chi connectivity index (χ2n) is 4.04. The van der Waals surface area contributed by atoms with Crippen molar-refractivity contribution in [1.82, 2.24) is 4.90 Å². The van der Waals surface area contributed by atoms with Crippen LogP contribution in [0.1, 0.15) is 0 Å². The Morgan fingerprint density at radius 1 is 1.25 bits per heavy atom. The highest BCUT2D eigenvalue weighted by Gasteiger charge is 2.17. The van der Waals surface area contributed by atoms with Crippen LogP contribution in [0.2, 0.25) is 0 Å². The monoisotopic (exact) mass is 219 g/mol. The van der Waals surface area contributed by atoms with Gasteiger partial charge in [0.2, 0.25) is 5.69 Å². The summed E-state index contributed by atoms with van der Waals surface area (Å²) in [6.45, 7) is 10.7. The SMILES string of the molecule is [C-]#[N+]c1ccc(F)cc1N1CCN(C)CC1. The fourth-order valence-corrected chi connectivity index (χ4v) is 1.89. The van der Waals surface area contributed by atoms with E-state index in [1.807, 2.05) is 0 Å². The van der Waals surface area contributed by atoms with E-state index in [2.05, 4.69) is 21.7 Å². The molecule has 1 aliphatic heterocycles. The fraction of sp³-hybridized carbons (Fsp3) is 0.417. The molecule has 0 radical (unpaired) electrons. The lowest BCUT2D eigenvalue weighted by atomic mass is 10.2. The van der Waals surface area contributed by atoms with Gasteiger partial charge in [-0.3, -0.25) is 0 Å². The predicted octanol–water partition coefficient (Wildman–Crippen LogP) is 2.13. The van der Waals surface area contributed by atoms with Gasteiger partial charge in [0.15, 0.2) is 0 Å². The number of anilines is 1. The van der Waals surface area contributed by atoms with Crippen LogP contribution in [0.15, 0.2) is 18.2 Å². The van der Waals surface area contributed by atoms with Gasteiger partial charge in [-0.2, -0.15) is 0 Å². The number of nitrogens with zero attached hydrogens (tertiary/aromatic N) is 3. The number of benzene rings is 1. The molecule has 84 valence electrons.